The maximum atomic E-state index is 9.88. The van der Waals surface area contributed by atoms with Crippen LogP contribution in [0.25, 0.3) is 0 Å². The van der Waals surface area contributed by atoms with Gasteiger partial charge < -0.3 is 10.2 Å². The fourth-order valence-corrected chi connectivity index (χ4v) is 1.54. The molecule has 0 fully saturated rings. The number of hydrogen-bond acceptors (Lipinski definition) is 2. The van der Waals surface area contributed by atoms with Crippen molar-refractivity contribution in [2.45, 2.75) is 38.9 Å². The van der Waals surface area contributed by atoms with Gasteiger partial charge in [0.05, 0.1) is 12.2 Å². The normalized spacial score (nSPS) is 14.2. The van der Waals surface area contributed by atoms with Gasteiger partial charge in [0.2, 0.25) is 0 Å². The lowest BCUT2D eigenvalue weighted by molar-refractivity contribution is 0.0821. The fraction of sp³-hybridized carbons (Fsp3) is 0.429. The van der Waals surface area contributed by atoms with Gasteiger partial charge in [0.15, 0.2) is 0 Å². The standard InChI is InChI=1S/C14H20O2/c1-11(2)8-9-13(15)10-14(16)12-6-4-3-5-7-12/h3-8,13-16H,9-10H2,1-2H3/t13-,14+/m1/s1. The first-order chi connectivity index (χ1) is 7.59. The Morgan fingerprint density at radius 3 is 2.38 bits per heavy atom. The quantitative estimate of drug-likeness (QED) is 0.749. The Balaban J connectivity index is 2.45. The van der Waals surface area contributed by atoms with Crippen LogP contribution < -0.4 is 0 Å². The van der Waals surface area contributed by atoms with Gasteiger partial charge in [-0.1, -0.05) is 42.0 Å². The molecule has 0 aromatic heterocycles. The van der Waals surface area contributed by atoms with E-state index in [0.717, 1.165) is 5.56 Å². The Kier molecular flexibility index (Phi) is 5.23. The third-order valence-corrected chi connectivity index (χ3v) is 2.48. The van der Waals surface area contributed by atoms with E-state index < -0.39 is 12.2 Å². The first-order valence-corrected chi connectivity index (χ1v) is 5.64. The molecule has 0 saturated heterocycles. The summed E-state index contributed by atoms with van der Waals surface area (Å²) >= 11 is 0. The Morgan fingerprint density at radius 1 is 1.19 bits per heavy atom. The van der Waals surface area contributed by atoms with Crippen LogP contribution >= 0.6 is 0 Å². The Hall–Kier alpha value is -1.12. The van der Waals surface area contributed by atoms with Crippen LogP contribution in [0.1, 0.15) is 38.4 Å². The zero-order valence-electron chi connectivity index (χ0n) is 9.93. The van der Waals surface area contributed by atoms with E-state index in [4.69, 9.17) is 0 Å². The van der Waals surface area contributed by atoms with E-state index in [1.807, 2.05) is 50.3 Å². The molecule has 16 heavy (non-hydrogen) atoms. The maximum absolute atomic E-state index is 9.88. The lowest BCUT2D eigenvalue weighted by Gasteiger charge is -2.14. The van der Waals surface area contributed by atoms with Gasteiger partial charge in [-0.05, 0) is 25.8 Å². The fourth-order valence-electron chi connectivity index (χ4n) is 1.54. The summed E-state index contributed by atoms with van der Waals surface area (Å²) in [6.45, 7) is 4.00. The molecule has 0 aliphatic carbocycles. The van der Waals surface area contributed by atoms with Crippen molar-refractivity contribution in [3.63, 3.8) is 0 Å². The van der Waals surface area contributed by atoms with Crippen molar-refractivity contribution in [1.29, 1.82) is 0 Å². The van der Waals surface area contributed by atoms with Gasteiger partial charge in [-0.25, -0.2) is 0 Å². The number of hydrogen-bond donors (Lipinski definition) is 2. The van der Waals surface area contributed by atoms with Gasteiger partial charge >= 0.3 is 0 Å². The summed E-state index contributed by atoms with van der Waals surface area (Å²) in [6.07, 6.45) is 1.91. The SMILES string of the molecule is CC(C)=CC[C@@H](O)C[C@H](O)c1ccccc1. The van der Waals surface area contributed by atoms with Gasteiger partial charge in [0.1, 0.15) is 0 Å². The summed E-state index contributed by atoms with van der Waals surface area (Å²) in [5, 5.41) is 19.6. The molecule has 0 spiro atoms. The molecule has 2 N–H and O–H groups in total. The predicted octanol–water partition coefficient (Wildman–Crippen LogP) is 2.83. The summed E-state index contributed by atoms with van der Waals surface area (Å²) in [4.78, 5) is 0. The van der Waals surface area contributed by atoms with Crippen molar-refractivity contribution in [2.75, 3.05) is 0 Å². The van der Waals surface area contributed by atoms with Gasteiger partial charge in [-0.3, -0.25) is 0 Å². The van der Waals surface area contributed by atoms with Crippen LogP contribution in [0.4, 0.5) is 0 Å². The number of aliphatic hydroxyl groups excluding tert-OH is 2. The van der Waals surface area contributed by atoms with Crippen molar-refractivity contribution >= 4 is 0 Å². The van der Waals surface area contributed by atoms with Crippen molar-refractivity contribution < 1.29 is 10.2 Å². The van der Waals surface area contributed by atoms with Crippen LogP contribution in [0.2, 0.25) is 0 Å². The molecule has 1 rings (SSSR count). The third kappa shape index (κ3) is 4.60. The monoisotopic (exact) mass is 220 g/mol. The summed E-state index contributed by atoms with van der Waals surface area (Å²) in [5.74, 6) is 0. The molecular weight excluding hydrogens is 200 g/mol. The molecule has 2 heteroatoms. The van der Waals surface area contributed by atoms with Crippen LogP contribution in [0, 0.1) is 0 Å². The van der Waals surface area contributed by atoms with E-state index in [1.54, 1.807) is 0 Å². The molecule has 88 valence electrons. The lowest BCUT2D eigenvalue weighted by Crippen LogP contribution is -2.11. The predicted molar refractivity (Wildman–Crippen MR) is 66.1 cm³/mol. The second kappa shape index (κ2) is 6.46. The van der Waals surface area contributed by atoms with Gasteiger partial charge in [0, 0.05) is 6.42 Å². The van der Waals surface area contributed by atoms with Crippen molar-refractivity contribution in [1.82, 2.24) is 0 Å². The van der Waals surface area contributed by atoms with E-state index in [9.17, 15) is 10.2 Å². The molecule has 0 aliphatic rings. The average molecular weight is 220 g/mol. The highest BCUT2D eigenvalue weighted by atomic mass is 16.3. The van der Waals surface area contributed by atoms with Crippen LogP contribution in [-0.4, -0.2) is 16.3 Å². The molecule has 0 amide bonds. The van der Waals surface area contributed by atoms with Crippen LogP contribution in [0.5, 0.6) is 0 Å². The average Bonchev–Trinajstić information content (AvgIpc) is 2.27. The maximum Gasteiger partial charge on any atom is 0.0814 e. The van der Waals surface area contributed by atoms with Crippen LogP contribution in [0.15, 0.2) is 42.0 Å². The summed E-state index contributed by atoms with van der Waals surface area (Å²) in [6, 6.07) is 9.44. The van der Waals surface area contributed by atoms with E-state index >= 15 is 0 Å². The smallest absolute Gasteiger partial charge is 0.0814 e. The zero-order valence-corrected chi connectivity index (χ0v) is 9.93. The van der Waals surface area contributed by atoms with Gasteiger partial charge in [0.25, 0.3) is 0 Å². The first kappa shape index (κ1) is 12.9. The molecule has 2 nitrogen and oxygen atoms in total. The lowest BCUT2D eigenvalue weighted by atomic mass is 10.0. The van der Waals surface area contributed by atoms with E-state index in [1.165, 1.54) is 5.57 Å². The molecule has 0 radical (unpaired) electrons. The second-order valence-electron chi connectivity index (χ2n) is 4.33. The van der Waals surface area contributed by atoms with Gasteiger partial charge in [-0.15, -0.1) is 0 Å². The van der Waals surface area contributed by atoms with Crippen molar-refractivity contribution in [2.24, 2.45) is 0 Å². The molecular formula is C14H20O2. The highest BCUT2D eigenvalue weighted by Crippen LogP contribution is 2.19. The molecule has 0 aliphatic heterocycles. The van der Waals surface area contributed by atoms with Gasteiger partial charge in [-0.2, -0.15) is 0 Å². The topological polar surface area (TPSA) is 40.5 Å². The molecule has 0 unspecified atom stereocenters. The number of benzene rings is 1. The van der Waals surface area contributed by atoms with E-state index in [-0.39, 0.29) is 0 Å². The Labute approximate surface area is 97.2 Å². The minimum absolute atomic E-state index is 0.383. The Bertz CT molecular complexity index is 326. The second-order valence-corrected chi connectivity index (χ2v) is 4.33. The highest BCUT2D eigenvalue weighted by Gasteiger charge is 2.12. The zero-order chi connectivity index (χ0) is 12.0. The minimum Gasteiger partial charge on any atom is -0.393 e. The molecule has 0 heterocycles. The number of allylic oxidation sites excluding steroid dienone is 1. The Morgan fingerprint density at radius 2 is 1.81 bits per heavy atom. The minimum atomic E-state index is -0.582. The first-order valence-electron chi connectivity index (χ1n) is 5.64. The summed E-state index contributed by atoms with van der Waals surface area (Å²) < 4.78 is 0. The largest absolute Gasteiger partial charge is 0.393 e. The molecule has 2 atom stereocenters. The third-order valence-electron chi connectivity index (χ3n) is 2.48. The molecule has 1 aromatic rings. The molecule has 0 saturated carbocycles. The molecule has 0 bridgehead atoms. The number of aliphatic hydroxyl groups is 2. The van der Waals surface area contributed by atoms with Crippen LogP contribution in [-0.2, 0) is 0 Å². The summed E-state index contributed by atoms with van der Waals surface area (Å²) in [5.41, 5.74) is 2.05. The summed E-state index contributed by atoms with van der Waals surface area (Å²) in [7, 11) is 0. The van der Waals surface area contributed by atoms with Crippen molar-refractivity contribution in [3.8, 4) is 0 Å². The number of rotatable bonds is 5. The van der Waals surface area contributed by atoms with Crippen molar-refractivity contribution in [3.05, 3.63) is 47.5 Å². The highest BCUT2D eigenvalue weighted by molar-refractivity contribution is 5.17. The molecule has 1 aromatic carbocycles. The van der Waals surface area contributed by atoms with E-state index in [0.29, 0.717) is 12.8 Å². The van der Waals surface area contributed by atoms with Crippen LogP contribution in [0.3, 0.4) is 0 Å². The van der Waals surface area contributed by atoms with E-state index in [2.05, 4.69) is 0 Å².